The Morgan fingerprint density at radius 2 is 1.72 bits per heavy atom. The Balaban J connectivity index is 1.26. The number of pyridine rings is 2. The average molecular weight is 512 g/mol. The molecule has 3 aromatic heterocycles. The molecule has 1 unspecified atom stereocenters. The number of nitrogens with zero attached hydrogens (tertiary/aromatic N) is 5. The summed E-state index contributed by atoms with van der Waals surface area (Å²) in [5.74, 6) is 0.785. The van der Waals surface area contributed by atoms with Gasteiger partial charge in [-0.2, -0.15) is 5.26 Å². The maximum absolute atomic E-state index is 12.9. The van der Waals surface area contributed by atoms with Crippen molar-refractivity contribution in [1.82, 2.24) is 25.3 Å². The lowest BCUT2D eigenvalue weighted by Crippen LogP contribution is -2.27. The second-order valence-corrected chi connectivity index (χ2v) is 9.01. The zero-order valence-electron chi connectivity index (χ0n) is 21.5. The van der Waals surface area contributed by atoms with Crippen molar-refractivity contribution >= 4 is 17.4 Å². The number of aromatic nitrogens is 4. The molecule has 0 radical (unpaired) electrons. The highest BCUT2D eigenvalue weighted by Crippen LogP contribution is 2.22. The van der Waals surface area contributed by atoms with E-state index in [9.17, 15) is 4.79 Å². The highest BCUT2D eigenvalue weighted by Gasteiger charge is 2.14. The number of benzene rings is 2. The van der Waals surface area contributed by atoms with Gasteiger partial charge in [0.1, 0.15) is 11.5 Å². The second-order valence-electron chi connectivity index (χ2n) is 9.01. The molecule has 2 N–H and O–H groups in total. The van der Waals surface area contributed by atoms with Crippen LogP contribution in [0.4, 0.5) is 11.5 Å². The molecule has 1 atom stereocenters. The number of hydrogen-bond donors (Lipinski definition) is 2. The van der Waals surface area contributed by atoms with E-state index in [1.807, 2.05) is 68.4 Å². The van der Waals surface area contributed by atoms with Crippen LogP contribution in [0, 0.1) is 18.3 Å². The fourth-order valence-corrected chi connectivity index (χ4v) is 4.03. The van der Waals surface area contributed by atoms with Crippen LogP contribution in [0.15, 0.2) is 97.3 Å². The van der Waals surface area contributed by atoms with Crippen LogP contribution < -0.4 is 10.6 Å². The third-order valence-corrected chi connectivity index (χ3v) is 6.08. The number of hydrogen-bond acceptors (Lipinski definition) is 7. The minimum absolute atomic E-state index is 0.246. The number of nitriles is 1. The fraction of sp³-hybridized carbons (Fsp3) is 0.0968. The van der Waals surface area contributed by atoms with E-state index in [0.717, 1.165) is 28.2 Å². The lowest BCUT2D eigenvalue weighted by Gasteiger charge is -2.14. The fourth-order valence-electron chi connectivity index (χ4n) is 4.03. The third-order valence-electron chi connectivity index (χ3n) is 6.08. The van der Waals surface area contributed by atoms with Crippen LogP contribution in [0.5, 0.6) is 0 Å². The molecule has 3 heterocycles. The first kappa shape index (κ1) is 25.2. The molecule has 0 aliphatic heterocycles. The van der Waals surface area contributed by atoms with Crippen molar-refractivity contribution in [2.45, 2.75) is 19.9 Å². The number of rotatable bonds is 7. The van der Waals surface area contributed by atoms with Crippen LogP contribution >= 0.6 is 0 Å². The lowest BCUT2D eigenvalue weighted by atomic mass is 10.1. The first-order chi connectivity index (χ1) is 19.0. The van der Waals surface area contributed by atoms with Crippen LogP contribution in [0.1, 0.15) is 40.3 Å². The van der Waals surface area contributed by atoms with Gasteiger partial charge in [0, 0.05) is 41.0 Å². The zero-order valence-corrected chi connectivity index (χ0v) is 21.5. The maximum atomic E-state index is 12.9. The van der Waals surface area contributed by atoms with Crippen LogP contribution in [-0.4, -0.2) is 25.8 Å². The number of anilines is 2. The number of aryl methyl sites for hydroxylation is 1. The molecule has 5 aromatic rings. The molecule has 0 fully saturated rings. The Kier molecular flexibility index (Phi) is 7.32. The summed E-state index contributed by atoms with van der Waals surface area (Å²) < 4.78 is 0. The van der Waals surface area contributed by atoms with Crippen LogP contribution in [-0.2, 0) is 0 Å². The summed E-state index contributed by atoms with van der Waals surface area (Å²) >= 11 is 0. The van der Waals surface area contributed by atoms with Gasteiger partial charge in [0.05, 0.1) is 23.4 Å². The monoisotopic (exact) mass is 511 g/mol. The molecule has 39 heavy (non-hydrogen) atoms. The Hall–Kier alpha value is -5.42. The Morgan fingerprint density at radius 3 is 2.44 bits per heavy atom. The molecule has 8 nitrogen and oxygen atoms in total. The highest BCUT2D eigenvalue weighted by atomic mass is 16.1. The molecule has 2 aromatic carbocycles. The number of nitrogens with one attached hydrogen (secondary N) is 2. The maximum Gasteiger partial charge on any atom is 0.270 e. The molecule has 0 aliphatic rings. The summed E-state index contributed by atoms with van der Waals surface area (Å²) in [4.78, 5) is 30.9. The summed E-state index contributed by atoms with van der Waals surface area (Å²) in [5.41, 5.74) is 5.86. The molecule has 1 amide bonds. The standard InChI is InChI=1S/C31H25N7O/c1-20-15-29(37-26-10-6-7-22(16-26)17-32)38-30(35-20)25-12-14-28(34-19-25)31(39)36-21(2)24-11-13-27(33-18-24)23-8-4-3-5-9-23/h3-16,18-19,21H,1-2H3,(H,36,39)(H,35,37,38). The Bertz CT molecular complexity index is 1640. The predicted molar refractivity (Wildman–Crippen MR) is 150 cm³/mol. The SMILES string of the molecule is Cc1cc(Nc2cccc(C#N)c2)nc(-c2ccc(C(=O)NC(C)c3ccc(-c4ccccc4)nc3)nc2)n1. The number of carbonyl (C=O) groups is 1. The van der Waals surface area contributed by atoms with Gasteiger partial charge >= 0.3 is 0 Å². The van der Waals surface area contributed by atoms with Crippen molar-refractivity contribution in [2.75, 3.05) is 5.32 Å². The zero-order chi connectivity index (χ0) is 27.2. The van der Waals surface area contributed by atoms with Crippen LogP contribution in [0.3, 0.4) is 0 Å². The highest BCUT2D eigenvalue weighted by molar-refractivity contribution is 5.92. The van der Waals surface area contributed by atoms with Gasteiger partial charge in [-0.1, -0.05) is 42.5 Å². The van der Waals surface area contributed by atoms with E-state index in [2.05, 4.69) is 36.6 Å². The van der Waals surface area contributed by atoms with Crippen molar-refractivity contribution in [3.05, 3.63) is 120 Å². The van der Waals surface area contributed by atoms with E-state index in [1.165, 1.54) is 0 Å². The van der Waals surface area contributed by atoms with Gasteiger partial charge < -0.3 is 10.6 Å². The Labute approximate surface area is 226 Å². The van der Waals surface area contributed by atoms with Gasteiger partial charge in [0.15, 0.2) is 5.82 Å². The number of amides is 1. The molecule has 0 saturated carbocycles. The van der Waals surface area contributed by atoms with Gasteiger partial charge in [0.2, 0.25) is 0 Å². The first-order valence-corrected chi connectivity index (χ1v) is 12.4. The first-order valence-electron chi connectivity index (χ1n) is 12.4. The minimum atomic E-state index is -0.286. The van der Waals surface area contributed by atoms with Crippen molar-refractivity contribution in [3.8, 4) is 28.7 Å². The molecule has 8 heteroatoms. The third kappa shape index (κ3) is 6.12. The molecule has 0 aliphatic carbocycles. The molecule has 190 valence electrons. The van der Waals surface area contributed by atoms with Gasteiger partial charge in [-0.05, 0) is 55.8 Å². The van der Waals surface area contributed by atoms with Gasteiger partial charge in [-0.3, -0.25) is 14.8 Å². The summed E-state index contributed by atoms with van der Waals surface area (Å²) in [6.45, 7) is 3.78. The second kappa shape index (κ2) is 11.3. The largest absolute Gasteiger partial charge is 0.344 e. The van der Waals surface area contributed by atoms with Crippen molar-refractivity contribution in [1.29, 1.82) is 5.26 Å². The molecular weight excluding hydrogens is 486 g/mol. The molecule has 0 spiro atoms. The van der Waals surface area contributed by atoms with Gasteiger partial charge in [-0.15, -0.1) is 0 Å². The molecule has 0 saturated heterocycles. The minimum Gasteiger partial charge on any atom is -0.344 e. The summed E-state index contributed by atoms with van der Waals surface area (Å²) in [5, 5.41) is 15.3. The van der Waals surface area contributed by atoms with E-state index < -0.39 is 0 Å². The predicted octanol–water partition coefficient (Wildman–Crippen LogP) is 6.02. The van der Waals surface area contributed by atoms with E-state index in [0.29, 0.717) is 28.5 Å². The van der Waals surface area contributed by atoms with Crippen LogP contribution in [0.2, 0.25) is 0 Å². The van der Waals surface area contributed by atoms with Crippen LogP contribution in [0.25, 0.3) is 22.6 Å². The van der Waals surface area contributed by atoms with Gasteiger partial charge in [0.25, 0.3) is 5.91 Å². The normalized spacial score (nSPS) is 11.3. The smallest absolute Gasteiger partial charge is 0.270 e. The number of carbonyl (C=O) groups excluding carboxylic acids is 1. The van der Waals surface area contributed by atoms with E-state index in [-0.39, 0.29) is 11.9 Å². The lowest BCUT2D eigenvalue weighted by molar-refractivity contribution is 0.0935. The topological polar surface area (TPSA) is 116 Å². The van der Waals surface area contributed by atoms with Gasteiger partial charge in [-0.25, -0.2) is 9.97 Å². The summed E-state index contributed by atoms with van der Waals surface area (Å²) in [7, 11) is 0. The van der Waals surface area contributed by atoms with Crippen molar-refractivity contribution < 1.29 is 4.79 Å². The molecular formula is C31H25N7O. The van der Waals surface area contributed by atoms with E-state index >= 15 is 0 Å². The molecule has 0 bridgehead atoms. The quantitative estimate of drug-likeness (QED) is 0.275. The van der Waals surface area contributed by atoms with E-state index in [1.54, 1.807) is 42.7 Å². The van der Waals surface area contributed by atoms with E-state index in [4.69, 9.17) is 5.26 Å². The average Bonchev–Trinajstić information content (AvgIpc) is 2.97. The van der Waals surface area contributed by atoms with Crippen molar-refractivity contribution in [2.24, 2.45) is 0 Å². The Morgan fingerprint density at radius 1 is 0.872 bits per heavy atom. The molecule has 5 rings (SSSR count). The summed E-state index contributed by atoms with van der Waals surface area (Å²) in [6.07, 6.45) is 3.37. The summed E-state index contributed by atoms with van der Waals surface area (Å²) in [6, 6.07) is 28.2. The van der Waals surface area contributed by atoms with Crippen molar-refractivity contribution in [3.63, 3.8) is 0 Å².